The molecule has 0 radical (unpaired) electrons. The summed E-state index contributed by atoms with van der Waals surface area (Å²) in [5.41, 5.74) is 0.928. The minimum Gasteiger partial charge on any atom is -0.493 e. The molecule has 0 unspecified atom stereocenters. The Balaban J connectivity index is 2.24. The van der Waals surface area contributed by atoms with E-state index in [4.69, 9.17) is 38.0 Å². The van der Waals surface area contributed by atoms with E-state index in [9.17, 15) is 4.39 Å². The monoisotopic (exact) mass is 383 g/mol. The van der Waals surface area contributed by atoms with Gasteiger partial charge in [0.25, 0.3) is 0 Å². The van der Waals surface area contributed by atoms with Gasteiger partial charge in [-0.1, -0.05) is 36.0 Å². The molecule has 0 fully saturated rings. The fourth-order valence-electron chi connectivity index (χ4n) is 2.18. The predicted molar refractivity (Wildman–Crippen MR) is 100 cm³/mol. The normalized spacial score (nSPS) is 10.4. The van der Waals surface area contributed by atoms with Crippen LogP contribution in [0.15, 0.2) is 36.4 Å². The average Bonchev–Trinajstić information content (AvgIpc) is 2.61. The molecule has 0 aliphatic heterocycles. The van der Waals surface area contributed by atoms with Crippen molar-refractivity contribution in [3.8, 4) is 11.5 Å². The van der Waals surface area contributed by atoms with Crippen LogP contribution in [0.1, 0.15) is 11.1 Å². The molecule has 0 aromatic heterocycles. The van der Waals surface area contributed by atoms with Crippen molar-refractivity contribution in [3.63, 3.8) is 0 Å². The Morgan fingerprint density at radius 3 is 2.64 bits per heavy atom. The first-order valence-electron chi connectivity index (χ1n) is 7.58. The largest absolute Gasteiger partial charge is 0.493 e. The molecule has 0 bridgehead atoms. The average molecular weight is 384 g/mol. The summed E-state index contributed by atoms with van der Waals surface area (Å²) >= 11 is 11.5. The fourth-order valence-corrected chi connectivity index (χ4v) is 2.66. The molecular formula is C18H19ClFNO3S. The van der Waals surface area contributed by atoms with E-state index in [1.807, 2.05) is 6.07 Å². The standard InChI is InChI=1S/C18H19ClFNO3S/c1-22-10-9-21-18(25)12-5-3-8-16(23-2)17(12)24-11-13-14(19)6-4-7-15(13)20/h3-8H,9-11H2,1-2H3,(H,21,25). The highest BCUT2D eigenvalue weighted by Crippen LogP contribution is 2.33. The van der Waals surface area contributed by atoms with Crippen molar-refractivity contribution in [2.45, 2.75) is 6.61 Å². The molecule has 2 rings (SSSR count). The lowest BCUT2D eigenvalue weighted by molar-refractivity contribution is 0.204. The molecule has 0 saturated carbocycles. The number of rotatable bonds is 8. The minimum absolute atomic E-state index is 0.0421. The molecule has 0 amide bonds. The van der Waals surface area contributed by atoms with Crippen LogP contribution in [0.3, 0.4) is 0 Å². The van der Waals surface area contributed by atoms with Gasteiger partial charge < -0.3 is 19.5 Å². The van der Waals surface area contributed by atoms with Crippen LogP contribution in [0.25, 0.3) is 0 Å². The van der Waals surface area contributed by atoms with E-state index >= 15 is 0 Å². The molecule has 25 heavy (non-hydrogen) atoms. The Morgan fingerprint density at radius 2 is 1.96 bits per heavy atom. The lowest BCUT2D eigenvalue weighted by Gasteiger charge is -2.17. The van der Waals surface area contributed by atoms with Gasteiger partial charge in [-0.15, -0.1) is 0 Å². The summed E-state index contributed by atoms with van der Waals surface area (Å²) in [5.74, 6) is 0.504. The maximum Gasteiger partial charge on any atom is 0.171 e. The van der Waals surface area contributed by atoms with Crippen LogP contribution < -0.4 is 14.8 Å². The SMILES string of the molecule is COCCNC(=S)c1cccc(OC)c1OCc1c(F)cccc1Cl. The van der Waals surface area contributed by atoms with Gasteiger partial charge in [-0.2, -0.15) is 0 Å². The summed E-state index contributed by atoms with van der Waals surface area (Å²) < 4.78 is 30.1. The first kappa shape index (κ1) is 19.4. The second kappa shape index (κ2) is 9.56. The third-order valence-electron chi connectivity index (χ3n) is 3.46. The van der Waals surface area contributed by atoms with Gasteiger partial charge in [-0.3, -0.25) is 0 Å². The van der Waals surface area contributed by atoms with Gasteiger partial charge in [-0.05, 0) is 24.3 Å². The number of ether oxygens (including phenoxy) is 3. The molecule has 2 aromatic rings. The first-order valence-corrected chi connectivity index (χ1v) is 8.37. The van der Waals surface area contributed by atoms with E-state index in [2.05, 4.69) is 5.32 Å². The molecule has 0 atom stereocenters. The molecule has 0 spiro atoms. The van der Waals surface area contributed by atoms with Crippen molar-refractivity contribution in [1.82, 2.24) is 5.32 Å². The number of methoxy groups -OCH3 is 2. The van der Waals surface area contributed by atoms with E-state index in [1.54, 1.807) is 31.4 Å². The fraction of sp³-hybridized carbons (Fsp3) is 0.278. The highest BCUT2D eigenvalue weighted by molar-refractivity contribution is 7.80. The number of nitrogens with one attached hydrogen (secondary N) is 1. The first-order chi connectivity index (χ1) is 12.1. The minimum atomic E-state index is -0.426. The zero-order valence-electron chi connectivity index (χ0n) is 14.0. The summed E-state index contributed by atoms with van der Waals surface area (Å²) in [6.07, 6.45) is 0. The Kier molecular flexibility index (Phi) is 7.43. The van der Waals surface area contributed by atoms with Crippen molar-refractivity contribution in [2.75, 3.05) is 27.4 Å². The third kappa shape index (κ3) is 5.04. The van der Waals surface area contributed by atoms with Crippen molar-refractivity contribution in [3.05, 3.63) is 58.4 Å². The summed E-state index contributed by atoms with van der Waals surface area (Å²) in [7, 11) is 3.15. The molecule has 1 N–H and O–H groups in total. The third-order valence-corrected chi connectivity index (χ3v) is 4.18. The van der Waals surface area contributed by atoms with Crippen LogP contribution in [0.2, 0.25) is 5.02 Å². The van der Waals surface area contributed by atoms with Crippen molar-refractivity contribution in [1.29, 1.82) is 0 Å². The number of benzene rings is 2. The lowest BCUT2D eigenvalue weighted by atomic mass is 10.1. The summed E-state index contributed by atoms with van der Waals surface area (Å²) in [6.45, 7) is 1.04. The quantitative estimate of drug-likeness (QED) is 0.551. The van der Waals surface area contributed by atoms with Crippen LogP contribution >= 0.6 is 23.8 Å². The highest BCUT2D eigenvalue weighted by atomic mass is 35.5. The van der Waals surface area contributed by atoms with E-state index in [0.29, 0.717) is 40.2 Å². The summed E-state index contributed by atoms with van der Waals surface area (Å²) in [4.78, 5) is 0.491. The topological polar surface area (TPSA) is 39.7 Å². The van der Waals surface area contributed by atoms with Crippen LogP contribution in [0.4, 0.5) is 4.39 Å². The zero-order chi connectivity index (χ0) is 18.2. The maximum absolute atomic E-state index is 14.0. The van der Waals surface area contributed by atoms with Crippen LogP contribution in [-0.2, 0) is 11.3 Å². The molecule has 7 heteroatoms. The van der Waals surface area contributed by atoms with Crippen molar-refractivity contribution >= 4 is 28.8 Å². The molecule has 0 aliphatic rings. The van der Waals surface area contributed by atoms with Crippen molar-refractivity contribution in [2.24, 2.45) is 0 Å². The maximum atomic E-state index is 14.0. The Hall–Kier alpha value is -1.89. The smallest absolute Gasteiger partial charge is 0.171 e. The van der Waals surface area contributed by atoms with E-state index < -0.39 is 5.82 Å². The highest BCUT2D eigenvalue weighted by Gasteiger charge is 2.16. The molecule has 0 heterocycles. The van der Waals surface area contributed by atoms with Crippen LogP contribution in [-0.4, -0.2) is 32.4 Å². The Bertz CT molecular complexity index is 722. The number of hydrogen-bond acceptors (Lipinski definition) is 4. The van der Waals surface area contributed by atoms with Gasteiger partial charge in [-0.25, -0.2) is 4.39 Å². The number of hydrogen-bond donors (Lipinski definition) is 1. The van der Waals surface area contributed by atoms with Crippen LogP contribution in [0, 0.1) is 5.82 Å². The Labute approximate surface area is 156 Å². The molecule has 2 aromatic carbocycles. The zero-order valence-corrected chi connectivity index (χ0v) is 15.5. The molecule has 134 valence electrons. The molecule has 4 nitrogen and oxygen atoms in total. The predicted octanol–water partition coefficient (Wildman–Crippen LogP) is 3.98. The van der Waals surface area contributed by atoms with E-state index in [-0.39, 0.29) is 12.2 Å². The van der Waals surface area contributed by atoms with E-state index in [0.717, 1.165) is 0 Å². The van der Waals surface area contributed by atoms with Gasteiger partial charge in [0.1, 0.15) is 17.4 Å². The number of halogens is 2. The van der Waals surface area contributed by atoms with Crippen molar-refractivity contribution < 1.29 is 18.6 Å². The number of thiocarbonyl (C=S) groups is 1. The molecule has 0 saturated heterocycles. The van der Waals surface area contributed by atoms with Gasteiger partial charge in [0.05, 0.1) is 24.3 Å². The second-order valence-corrected chi connectivity index (χ2v) is 5.89. The van der Waals surface area contributed by atoms with Gasteiger partial charge in [0, 0.05) is 19.2 Å². The second-order valence-electron chi connectivity index (χ2n) is 5.07. The molecular weight excluding hydrogens is 365 g/mol. The van der Waals surface area contributed by atoms with Gasteiger partial charge >= 0.3 is 0 Å². The van der Waals surface area contributed by atoms with Gasteiger partial charge in [0.2, 0.25) is 0 Å². The van der Waals surface area contributed by atoms with E-state index in [1.165, 1.54) is 13.2 Å². The van der Waals surface area contributed by atoms with Crippen LogP contribution in [0.5, 0.6) is 11.5 Å². The number of para-hydroxylation sites is 1. The lowest BCUT2D eigenvalue weighted by Crippen LogP contribution is -2.26. The Morgan fingerprint density at radius 1 is 1.20 bits per heavy atom. The van der Waals surface area contributed by atoms with Gasteiger partial charge in [0.15, 0.2) is 11.5 Å². The summed E-state index contributed by atoms with van der Waals surface area (Å²) in [5, 5.41) is 3.39. The molecule has 0 aliphatic carbocycles. The summed E-state index contributed by atoms with van der Waals surface area (Å²) in [6, 6.07) is 9.86.